The number of hydrogen-bond acceptors (Lipinski definition) is 3. The summed E-state index contributed by atoms with van der Waals surface area (Å²) in [7, 11) is 0. The van der Waals surface area contributed by atoms with Crippen LogP contribution in [0, 0.1) is 5.41 Å². The number of carboxylic acids is 1. The highest BCUT2D eigenvalue weighted by Gasteiger charge is 2.46. The van der Waals surface area contributed by atoms with Crippen molar-refractivity contribution in [3.8, 4) is 0 Å². The molecule has 1 saturated heterocycles. The molecular weight excluding hydrogens is 222 g/mol. The van der Waals surface area contributed by atoms with Crippen LogP contribution >= 0.6 is 0 Å². The van der Waals surface area contributed by atoms with Gasteiger partial charge >= 0.3 is 5.97 Å². The van der Waals surface area contributed by atoms with Gasteiger partial charge < -0.3 is 15.2 Å². The maximum absolute atomic E-state index is 11.8. The van der Waals surface area contributed by atoms with Crippen LogP contribution in [0.1, 0.15) is 38.5 Å². The van der Waals surface area contributed by atoms with E-state index in [0.717, 1.165) is 19.3 Å². The summed E-state index contributed by atoms with van der Waals surface area (Å²) in [6.45, 7) is 1.35. The lowest BCUT2D eigenvalue weighted by Crippen LogP contribution is -2.45. The van der Waals surface area contributed by atoms with Gasteiger partial charge in [0.05, 0.1) is 5.41 Å². The average molecular weight is 241 g/mol. The van der Waals surface area contributed by atoms with Gasteiger partial charge in [0, 0.05) is 25.7 Å². The Balaban J connectivity index is 1.81. The Hall–Kier alpha value is -1.10. The topological polar surface area (TPSA) is 75.6 Å². The molecule has 17 heavy (non-hydrogen) atoms. The van der Waals surface area contributed by atoms with Crippen LogP contribution in [0.15, 0.2) is 0 Å². The zero-order chi connectivity index (χ0) is 12.3. The number of carbonyl (C=O) groups excluding carboxylic acids is 1. The van der Waals surface area contributed by atoms with Crippen LogP contribution in [0.2, 0.25) is 0 Å². The average Bonchev–Trinajstić information content (AvgIpc) is 2.24. The van der Waals surface area contributed by atoms with E-state index in [2.05, 4.69) is 5.32 Å². The molecular formula is C12H19NO4. The predicted octanol–water partition coefficient (Wildman–Crippen LogP) is 0.927. The fraction of sp³-hybridized carbons (Fsp3) is 0.833. The number of aliphatic carboxylic acids is 1. The lowest BCUT2D eigenvalue weighted by Gasteiger charge is -2.37. The zero-order valence-electron chi connectivity index (χ0n) is 9.91. The molecule has 1 aliphatic heterocycles. The summed E-state index contributed by atoms with van der Waals surface area (Å²) in [6.07, 6.45) is 3.95. The van der Waals surface area contributed by atoms with Crippen molar-refractivity contribution in [1.82, 2.24) is 5.32 Å². The quantitative estimate of drug-likeness (QED) is 0.767. The molecule has 0 bridgehead atoms. The van der Waals surface area contributed by atoms with E-state index in [1.165, 1.54) is 0 Å². The van der Waals surface area contributed by atoms with Crippen LogP contribution < -0.4 is 5.32 Å². The van der Waals surface area contributed by atoms with Gasteiger partial charge in [0.1, 0.15) is 0 Å². The van der Waals surface area contributed by atoms with Crippen molar-refractivity contribution in [3.05, 3.63) is 0 Å². The van der Waals surface area contributed by atoms with Gasteiger partial charge in [-0.2, -0.15) is 0 Å². The second-order valence-electron chi connectivity index (χ2n) is 5.07. The van der Waals surface area contributed by atoms with Crippen LogP contribution in [0.4, 0.5) is 0 Å². The van der Waals surface area contributed by atoms with E-state index in [1.54, 1.807) is 0 Å². The van der Waals surface area contributed by atoms with Gasteiger partial charge in [0.15, 0.2) is 0 Å². The van der Waals surface area contributed by atoms with Gasteiger partial charge in [-0.25, -0.2) is 0 Å². The minimum atomic E-state index is -0.828. The summed E-state index contributed by atoms with van der Waals surface area (Å²) in [6, 6.07) is 0.155. The largest absolute Gasteiger partial charge is 0.481 e. The van der Waals surface area contributed by atoms with Crippen molar-refractivity contribution < 1.29 is 19.4 Å². The van der Waals surface area contributed by atoms with E-state index >= 15 is 0 Å². The first-order chi connectivity index (χ1) is 8.12. The third-order valence-electron chi connectivity index (χ3n) is 3.85. The van der Waals surface area contributed by atoms with Crippen molar-refractivity contribution in [2.75, 3.05) is 13.2 Å². The van der Waals surface area contributed by atoms with Crippen molar-refractivity contribution in [2.45, 2.75) is 44.6 Å². The Morgan fingerprint density at radius 3 is 2.41 bits per heavy atom. The molecule has 2 aliphatic rings. The van der Waals surface area contributed by atoms with E-state index in [-0.39, 0.29) is 18.4 Å². The number of ether oxygens (including phenoxy) is 1. The van der Waals surface area contributed by atoms with Crippen LogP contribution in [-0.2, 0) is 14.3 Å². The van der Waals surface area contributed by atoms with Gasteiger partial charge in [-0.05, 0) is 25.7 Å². The number of carbonyl (C=O) groups is 2. The summed E-state index contributed by atoms with van der Waals surface area (Å²) >= 11 is 0. The molecule has 2 fully saturated rings. The predicted molar refractivity (Wildman–Crippen MR) is 60.5 cm³/mol. The molecule has 5 nitrogen and oxygen atoms in total. The highest BCUT2D eigenvalue weighted by Crippen LogP contribution is 2.44. The monoisotopic (exact) mass is 241 g/mol. The molecule has 1 aliphatic carbocycles. The Kier molecular flexibility index (Phi) is 3.66. The SMILES string of the molecule is O=C(CC1(C(=O)O)CCC1)NC1CCOCC1. The fourth-order valence-corrected chi connectivity index (χ4v) is 2.50. The molecule has 2 rings (SSSR count). The minimum absolute atomic E-state index is 0.125. The number of hydrogen-bond donors (Lipinski definition) is 2. The van der Waals surface area contributed by atoms with Crippen LogP contribution in [-0.4, -0.2) is 36.2 Å². The van der Waals surface area contributed by atoms with Gasteiger partial charge in [-0.15, -0.1) is 0 Å². The van der Waals surface area contributed by atoms with Crippen molar-refractivity contribution >= 4 is 11.9 Å². The van der Waals surface area contributed by atoms with E-state index in [0.29, 0.717) is 26.1 Å². The third kappa shape index (κ3) is 2.77. The number of nitrogens with one attached hydrogen (secondary N) is 1. The highest BCUT2D eigenvalue weighted by molar-refractivity contribution is 5.85. The van der Waals surface area contributed by atoms with E-state index in [9.17, 15) is 9.59 Å². The van der Waals surface area contributed by atoms with E-state index in [1.807, 2.05) is 0 Å². The molecule has 96 valence electrons. The second kappa shape index (κ2) is 5.04. The summed E-state index contributed by atoms with van der Waals surface area (Å²) in [5, 5.41) is 12.1. The summed E-state index contributed by atoms with van der Waals surface area (Å²) < 4.78 is 5.21. The first-order valence-electron chi connectivity index (χ1n) is 6.23. The van der Waals surface area contributed by atoms with Crippen LogP contribution in [0.3, 0.4) is 0 Å². The standard InChI is InChI=1S/C12H19NO4/c14-10(13-9-2-6-17-7-3-9)8-12(11(15)16)4-1-5-12/h9H,1-8H2,(H,13,14)(H,15,16). The maximum Gasteiger partial charge on any atom is 0.310 e. The third-order valence-corrected chi connectivity index (χ3v) is 3.85. The number of amides is 1. The number of carboxylic acid groups (broad SMARTS) is 1. The molecule has 0 aromatic carbocycles. The zero-order valence-corrected chi connectivity index (χ0v) is 9.91. The molecule has 1 saturated carbocycles. The molecule has 0 atom stereocenters. The van der Waals surface area contributed by atoms with E-state index in [4.69, 9.17) is 9.84 Å². The molecule has 0 unspecified atom stereocenters. The molecule has 0 aromatic rings. The molecule has 2 N–H and O–H groups in total. The minimum Gasteiger partial charge on any atom is -0.481 e. The van der Waals surface area contributed by atoms with Gasteiger partial charge in [-0.1, -0.05) is 6.42 Å². The Bertz CT molecular complexity index is 306. The second-order valence-corrected chi connectivity index (χ2v) is 5.07. The highest BCUT2D eigenvalue weighted by atomic mass is 16.5. The summed E-state index contributed by atoms with van der Waals surface area (Å²) in [5.41, 5.74) is -0.782. The lowest BCUT2D eigenvalue weighted by molar-refractivity contribution is -0.157. The number of rotatable bonds is 4. The summed E-state index contributed by atoms with van der Waals surface area (Å²) in [4.78, 5) is 22.9. The molecule has 0 radical (unpaired) electrons. The smallest absolute Gasteiger partial charge is 0.310 e. The summed E-state index contributed by atoms with van der Waals surface area (Å²) in [5.74, 6) is -0.954. The van der Waals surface area contributed by atoms with Crippen molar-refractivity contribution in [2.24, 2.45) is 5.41 Å². The van der Waals surface area contributed by atoms with Crippen LogP contribution in [0.5, 0.6) is 0 Å². The Morgan fingerprint density at radius 1 is 1.29 bits per heavy atom. The molecule has 1 amide bonds. The first kappa shape index (κ1) is 12.4. The van der Waals surface area contributed by atoms with Crippen molar-refractivity contribution in [3.63, 3.8) is 0 Å². The van der Waals surface area contributed by atoms with Gasteiger partial charge in [0.2, 0.25) is 5.91 Å². The van der Waals surface area contributed by atoms with E-state index < -0.39 is 11.4 Å². The molecule has 5 heteroatoms. The fourth-order valence-electron chi connectivity index (χ4n) is 2.50. The van der Waals surface area contributed by atoms with Crippen molar-refractivity contribution in [1.29, 1.82) is 0 Å². The first-order valence-corrected chi connectivity index (χ1v) is 6.23. The Labute approximate surface area is 101 Å². The maximum atomic E-state index is 11.8. The normalized spacial score (nSPS) is 23.8. The molecule has 0 spiro atoms. The van der Waals surface area contributed by atoms with Gasteiger partial charge in [0.25, 0.3) is 0 Å². The Morgan fingerprint density at radius 2 is 1.94 bits per heavy atom. The molecule has 1 heterocycles. The van der Waals surface area contributed by atoms with Gasteiger partial charge in [-0.3, -0.25) is 9.59 Å². The molecule has 0 aromatic heterocycles. The van der Waals surface area contributed by atoms with Crippen LogP contribution in [0.25, 0.3) is 0 Å². The lowest BCUT2D eigenvalue weighted by atomic mass is 9.66.